The van der Waals surface area contributed by atoms with Gasteiger partial charge in [0.05, 0.1) is 6.04 Å². The van der Waals surface area contributed by atoms with Gasteiger partial charge in [0.2, 0.25) is 0 Å². The zero-order valence-electron chi connectivity index (χ0n) is 6.16. The lowest BCUT2D eigenvalue weighted by molar-refractivity contribution is 0.682. The number of aryl methyl sites for hydroxylation is 1. The van der Waals surface area contributed by atoms with Gasteiger partial charge in [-0.1, -0.05) is 6.92 Å². The molecule has 0 radical (unpaired) electrons. The molecule has 1 atom stereocenters. The predicted octanol–water partition coefficient (Wildman–Crippen LogP) is 1.26. The van der Waals surface area contributed by atoms with Crippen LogP contribution in [0.2, 0.25) is 0 Å². The van der Waals surface area contributed by atoms with Gasteiger partial charge in [-0.25, -0.2) is 0 Å². The van der Waals surface area contributed by atoms with Gasteiger partial charge in [-0.15, -0.1) is 21.5 Å². The van der Waals surface area contributed by atoms with E-state index in [-0.39, 0.29) is 6.04 Å². The van der Waals surface area contributed by atoms with Crippen molar-refractivity contribution in [1.29, 1.82) is 0 Å². The van der Waals surface area contributed by atoms with Gasteiger partial charge in [0.1, 0.15) is 10.0 Å². The molecule has 0 spiro atoms. The third-order valence-corrected chi connectivity index (χ3v) is 2.27. The molecule has 0 aliphatic heterocycles. The van der Waals surface area contributed by atoms with E-state index >= 15 is 0 Å². The number of aromatic nitrogens is 2. The average Bonchev–Trinajstić information content (AvgIpc) is 2.34. The Balaban J connectivity index is 2.74. The molecule has 0 fully saturated rings. The molecule has 0 aliphatic rings. The molecule has 1 aromatic rings. The summed E-state index contributed by atoms with van der Waals surface area (Å²) in [4.78, 5) is 0. The Bertz CT molecular complexity index is 209. The van der Waals surface area contributed by atoms with Gasteiger partial charge in [0.15, 0.2) is 0 Å². The highest BCUT2D eigenvalue weighted by atomic mass is 32.1. The van der Waals surface area contributed by atoms with Crippen molar-refractivity contribution in [2.75, 3.05) is 0 Å². The van der Waals surface area contributed by atoms with Crippen molar-refractivity contribution in [3.05, 3.63) is 10.0 Å². The summed E-state index contributed by atoms with van der Waals surface area (Å²) in [7, 11) is 0. The van der Waals surface area contributed by atoms with Crippen LogP contribution in [0.1, 0.15) is 29.4 Å². The Morgan fingerprint density at radius 2 is 2.30 bits per heavy atom. The Hall–Kier alpha value is -0.480. The molecule has 3 nitrogen and oxygen atoms in total. The maximum Gasteiger partial charge on any atom is 0.134 e. The van der Waals surface area contributed by atoms with Crippen molar-refractivity contribution in [2.24, 2.45) is 5.73 Å². The molecule has 56 valence electrons. The van der Waals surface area contributed by atoms with Gasteiger partial charge in [0.25, 0.3) is 0 Å². The van der Waals surface area contributed by atoms with Crippen LogP contribution in [0.15, 0.2) is 0 Å². The number of hydrogen-bond acceptors (Lipinski definition) is 4. The summed E-state index contributed by atoms with van der Waals surface area (Å²) in [6.45, 7) is 3.98. The van der Waals surface area contributed by atoms with Crippen LogP contribution in [0.4, 0.5) is 0 Å². The fraction of sp³-hybridized carbons (Fsp3) is 0.667. The van der Waals surface area contributed by atoms with Gasteiger partial charge in [-0.2, -0.15) is 0 Å². The quantitative estimate of drug-likeness (QED) is 0.703. The second-order valence-corrected chi connectivity index (χ2v) is 3.39. The highest BCUT2D eigenvalue weighted by molar-refractivity contribution is 7.11. The summed E-state index contributed by atoms with van der Waals surface area (Å²) in [5.41, 5.74) is 5.72. The summed E-state index contributed by atoms with van der Waals surface area (Å²) in [6, 6.07) is 0.0752. The summed E-state index contributed by atoms with van der Waals surface area (Å²) >= 11 is 1.57. The molecule has 0 saturated heterocycles. The lowest BCUT2D eigenvalue weighted by Crippen LogP contribution is -2.07. The minimum Gasteiger partial charge on any atom is -0.322 e. The Morgan fingerprint density at radius 3 is 2.70 bits per heavy atom. The monoisotopic (exact) mass is 157 g/mol. The molecule has 0 aromatic carbocycles. The number of nitrogens with zero attached hydrogens (tertiary/aromatic N) is 2. The number of hydrogen-bond donors (Lipinski definition) is 1. The van der Waals surface area contributed by atoms with Gasteiger partial charge < -0.3 is 5.73 Å². The molecule has 1 aromatic heterocycles. The number of rotatable bonds is 2. The van der Waals surface area contributed by atoms with E-state index in [1.807, 2.05) is 13.8 Å². The van der Waals surface area contributed by atoms with Gasteiger partial charge in [-0.05, 0) is 13.3 Å². The van der Waals surface area contributed by atoms with Crippen molar-refractivity contribution in [3.8, 4) is 0 Å². The van der Waals surface area contributed by atoms with Gasteiger partial charge in [0, 0.05) is 0 Å². The Labute approximate surface area is 64.3 Å². The van der Waals surface area contributed by atoms with E-state index in [1.54, 1.807) is 11.3 Å². The molecule has 0 bridgehead atoms. The maximum absolute atomic E-state index is 5.72. The first-order valence-electron chi connectivity index (χ1n) is 3.29. The van der Waals surface area contributed by atoms with Crippen LogP contribution in [0.3, 0.4) is 0 Å². The minimum atomic E-state index is 0.0752. The van der Waals surface area contributed by atoms with Crippen LogP contribution in [0.25, 0.3) is 0 Å². The first kappa shape index (κ1) is 7.63. The standard InChI is InChI=1S/C6H11N3S/c1-3-5(7)6-9-8-4(2)10-6/h5H,3,7H2,1-2H3. The Morgan fingerprint density at radius 1 is 1.60 bits per heavy atom. The van der Waals surface area contributed by atoms with Crippen LogP contribution in [-0.4, -0.2) is 10.2 Å². The van der Waals surface area contributed by atoms with E-state index < -0.39 is 0 Å². The van der Waals surface area contributed by atoms with Crippen molar-refractivity contribution in [1.82, 2.24) is 10.2 Å². The topological polar surface area (TPSA) is 51.8 Å². The van der Waals surface area contributed by atoms with E-state index in [2.05, 4.69) is 10.2 Å². The predicted molar refractivity (Wildman–Crippen MR) is 41.9 cm³/mol. The normalized spacial score (nSPS) is 13.5. The number of nitrogens with two attached hydrogens (primary N) is 1. The summed E-state index contributed by atoms with van der Waals surface area (Å²) < 4.78 is 0. The Kier molecular flexibility index (Phi) is 2.34. The fourth-order valence-electron chi connectivity index (χ4n) is 0.636. The van der Waals surface area contributed by atoms with E-state index in [9.17, 15) is 0 Å². The largest absolute Gasteiger partial charge is 0.322 e. The summed E-state index contributed by atoms with van der Waals surface area (Å²) in [5.74, 6) is 0. The SMILES string of the molecule is CCC(N)c1nnc(C)s1. The zero-order valence-corrected chi connectivity index (χ0v) is 6.98. The van der Waals surface area contributed by atoms with E-state index in [0.29, 0.717) is 0 Å². The minimum absolute atomic E-state index is 0.0752. The van der Waals surface area contributed by atoms with Crippen molar-refractivity contribution >= 4 is 11.3 Å². The highest BCUT2D eigenvalue weighted by Gasteiger charge is 2.07. The second-order valence-electron chi connectivity index (χ2n) is 2.17. The van der Waals surface area contributed by atoms with Crippen LogP contribution in [0, 0.1) is 6.92 Å². The molecule has 4 heteroatoms. The van der Waals surface area contributed by atoms with Crippen molar-refractivity contribution in [2.45, 2.75) is 26.3 Å². The molecule has 1 rings (SSSR count). The van der Waals surface area contributed by atoms with Gasteiger partial charge in [-0.3, -0.25) is 0 Å². The summed E-state index contributed by atoms with van der Waals surface area (Å²) in [6.07, 6.45) is 0.925. The maximum atomic E-state index is 5.72. The summed E-state index contributed by atoms with van der Waals surface area (Å²) in [5, 5.41) is 9.73. The van der Waals surface area contributed by atoms with Crippen LogP contribution in [0.5, 0.6) is 0 Å². The van der Waals surface area contributed by atoms with Crippen molar-refractivity contribution in [3.63, 3.8) is 0 Å². The molecule has 0 aliphatic carbocycles. The molecule has 1 unspecified atom stereocenters. The molecule has 2 N–H and O–H groups in total. The molecule has 0 amide bonds. The molecular weight excluding hydrogens is 146 g/mol. The highest BCUT2D eigenvalue weighted by Crippen LogP contribution is 2.16. The fourth-order valence-corrected chi connectivity index (χ4v) is 1.42. The lowest BCUT2D eigenvalue weighted by Gasteiger charge is -2.00. The third kappa shape index (κ3) is 1.52. The molecular formula is C6H11N3S. The molecule has 10 heavy (non-hydrogen) atoms. The van der Waals surface area contributed by atoms with E-state index in [1.165, 1.54) is 0 Å². The first-order chi connectivity index (χ1) is 4.74. The zero-order chi connectivity index (χ0) is 7.56. The van der Waals surface area contributed by atoms with E-state index in [0.717, 1.165) is 16.4 Å². The van der Waals surface area contributed by atoms with Crippen molar-refractivity contribution < 1.29 is 0 Å². The van der Waals surface area contributed by atoms with Crippen LogP contribution in [-0.2, 0) is 0 Å². The molecule has 0 saturated carbocycles. The second kappa shape index (κ2) is 3.07. The van der Waals surface area contributed by atoms with Gasteiger partial charge >= 0.3 is 0 Å². The third-order valence-electron chi connectivity index (χ3n) is 1.30. The van der Waals surface area contributed by atoms with E-state index in [4.69, 9.17) is 5.73 Å². The lowest BCUT2D eigenvalue weighted by atomic mass is 10.3. The average molecular weight is 157 g/mol. The first-order valence-corrected chi connectivity index (χ1v) is 4.11. The smallest absolute Gasteiger partial charge is 0.134 e. The van der Waals surface area contributed by atoms with Crippen LogP contribution < -0.4 is 5.73 Å². The van der Waals surface area contributed by atoms with Crippen LogP contribution >= 0.6 is 11.3 Å². The molecule has 1 heterocycles.